The van der Waals surface area contributed by atoms with E-state index >= 15 is 0 Å². The van der Waals surface area contributed by atoms with Crippen molar-refractivity contribution in [2.24, 2.45) is 0 Å². The van der Waals surface area contributed by atoms with Crippen molar-refractivity contribution in [3.63, 3.8) is 0 Å². The average Bonchev–Trinajstić information content (AvgIpc) is 3.69. The second-order valence-electron chi connectivity index (χ2n) is 12.2. The van der Waals surface area contributed by atoms with Crippen LogP contribution in [0.5, 0.6) is 0 Å². The third kappa shape index (κ3) is 2.46. The zero-order valence-corrected chi connectivity index (χ0v) is 22.9. The molecule has 3 heterocycles. The van der Waals surface area contributed by atoms with Gasteiger partial charge in [0, 0.05) is 43.4 Å². The van der Waals surface area contributed by atoms with Crippen molar-refractivity contribution in [3.05, 3.63) is 132 Å². The summed E-state index contributed by atoms with van der Waals surface area (Å²) in [6.07, 6.45) is 0. The fourth-order valence-electron chi connectivity index (χ4n) is 8.06. The van der Waals surface area contributed by atoms with Gasteiger partial charge < -0.3 is 8.97 Å². The van der Waals surface area contributed by atoms with Crippen LogP contribution in [-0.4, -0.2) is 8.97 Å². The smallest absolute Gasteiger partial charge is 0.0628 e. The van der Waals surface area contributed by atoms with Crippen LogP contribution < -0.4 is 0 Å². The van der Waals surface area contributed by atoms with Crippen LogP contribution in [0.4, 0.5) is 0 Å². The van der Waals surface area contributed by atoms with Gasteiger partial charge in [-0.05, 0) is 64.7 Å². The summed E-state index contributed by atoms with van der Waals surface area (Å²) in [5, 5.41) is 7.96. The molecule has 1 aliphatic carbocycles. The molecule has 0 radical (unpaired) electrons. The first kappa shape index (κ1) is 21.7. The summed E-state index contributed by atoms with van der Waals surface area (Å²) >= 11 is 0. The Morgan fingerprint density at radius 1 is 0.463 bits per heavy atom. The fourth-order valence-corrected chi connectivity index (χ4v) is 8.06. The summed E-state index contributed by atoms with van der Waals surface area (Å²) in [6.45, 7) is 4.75. The molecule has 6 aromatic carbocycles. The lowest BCUT2D eigenvalue weighted by Crippen LogP contribution is -2.14. The van der Waals surface area contributed by atoms with Crippen LogP contribution in [0.2, 0.25) is 0 Å². The van der Waals surface area contributed by atoms with E-state index in [-0.39, 0.29) is 5.41 Å². The first-order valence-corrected chi connectivity index (χ1v) is 14.5. The largest absolute Gasteiger partial charge is 0.309 e. The zero-order valence-electron chi connectivity index (χ0n) is 22.9. The second-order valence-corrected chi connectivity index (χ2v) is 12.2. The van der Waals surface area contributed by atoms with Gasteiger partial charge in [-0.3, -0.25) is 0 Å². The maximum absolute atomic E-state index is 2.54. The minimum Gasteiger partial charge on any atom is -0.309 e. The molecule has 0 N–H and O–H groups in total. The monoisotopic (exact) mass is 522 g/mol. The minimum absolute atomic E-state index is 0.0452. The van der Waals surface area contributed by atoms with Crippen LogP contribution in [0.3, 0.4) is 0 Å². The molecule has 0 saturated carbocycles. The van der Waals surface area contributed by atoms with Crippen molar-refractivity contribution in [3.8, 4) is 16.8 Å². The normalized spacial score (nSPS) is 14.3. The second kappa shape index (κ2) is 7.16. The lowest BCUT2D eigenvalue weighted by molar-refractivity contribution is 0.661. The molecule has 0 unspecified atom stereocenters. The lowest BCUT2D eigenvalue weighted by Gasteiger charge is -2.21. The summed E-state index contributed by atoms with van der Waals surface area (Å²) in [4.78, 5) is 0. The molecule has 0 atom stereocenters. The minimum atomic E-state index is -0.0452. The van der Waals surface area contributed by atoms with Crippen molar-refractivity contribution in [2.45, 2.75) is 19.3 Å². The highest BCUT2D eigenvalue weighted by Gasteiger charge is 2.36. The van der Waals surface area contributed by atoms with Gasteiger partial charge in [0.25, 0.3) is 0 Å². The summed E-state index contributed by atoms with van der Waals surface area (Å²) in [5.41, 5.74) is 13.1. The number of hydrogen-bond acceptors (Lipinski definition) is 0. The molecule has 10 rings (SSSR count). The molecule has 1 aliphatic rings. The molecule has 41 heavy (non-hydrogen) atoms. The molecular formula is C39H26N2. The topological polar surface area (TPSA) is 9.34 Å². The van der Waals surface area contributed by atoms with E-state index < -0.39 is 0 Å². The van der Waals surface area contributed by atoms with Crippen LogP contribution in [0, 0.1) is 0 Å². The third-order valence-corrected chi connectivity index (χ3v) is 9.82. The van der Waals surface area contributed by atoms with Crippen LogP contribution in [-0.2, 0) is 5.41 Å². The predicted molar refractivity (Wildman–Crippen MR) is 173 cm³/mol. The Balaban J connectivity index is 1.51. The first-order valence-electron chi connectivity index (χ1n) is 14.5. The summed E-state index contributed by atoms with van der Waals surface area (Å²) in [7, 11) is 0. The average molecular weight is 523 g/mol. The number of hydrogen-bond donors (Lipinski definition) is 0. The van der Waals surface area contributed by atoms with Crippen molar-refractivity contribution in [1.29, 1.82) is 0 Å². The first-order chi connectivity index (χ1) is 20.1. The number of aromatic nitrogens is 2. The van der Waals surface area contributed by atoms with Gasteiger partial charge >= 0.3 is 0 Å². The van der Waals surface area contributed by atoms with E-state index in [9.17, 15) is 0 Å². The molecular weight excluding hydrogens is 496 g/mol. The van der Waals surface area contributed by atoms with Crippen LogP contribution in [0.25, 0.3) is 76.7 Å². The highest BCUT2D eigenvalue weighted by atomic mass is 15.0. The van der Waals surface area contributed by atoms with E-state index in [4.69, 9.17) is 0 Å². The summed E-state index contributed by atoms with van der Waals surface area (Å²) < 4.78 is 5.00. The molecule has 0 spiro atoms. The molecule has 0 aliphatic heterocycles. The Kier molecular flexibility index (Phi) is 3.79. The third-order valence-electron chi connectivity index (χ3n) is 9.82. The lowest BCUT2D eigenvalue weighted by atomic mass is 9.82. The Labute approximate surface area is 237 Å². The molecule has 0 amide bonds. The maximum atomic E-state index is 2.54. The van der Waals surface area contributed by atoms with Gasteiger partial charge in [0.2, 0.25) is 0 Å². The van der Waals surface area contributed by atoms with Gasteiger partial charge in [-0.1, -0.05) is 92.7 Å². The zero-order chi connectivity index (χ0) is 27.0. The Hall–Kier alpha value is -5.08. The number of benzene rings is 6. The summed E-state index contributed by atoms with van der Waals surface area (Å²) in [6, 6.07) is 45.1. The maximum Gasteiger partial charge on any atom is 0.0628 e. The number of nitrogens with zero attached hydrogens (tertiary/aromatic N) is 2. The van der Waals surface area contributed by atoms with E-state index in [1.165, 1.54) is 87.8 Å². The molecule has 0 fully saturated rings. The number of rotatable bonds is 1. The Morgan fingerprint density at radius 3 is 2.02 bits per heavy atom. The standard InChI is InChI=1S/C39H26N2/c1-39(2)30-17-9-6-14-24(30)27-20-29-34(22-31(27)39)41-32-18-10-7-15-25(32)28-21-35-36(37(29)38(28)41)26-16-8-11-19-33(26)40(35)23-12-4-3-5-13-23/h3-22H,1-2H3. The van der Waals surface area contributed by atoms with Gasteiger partial charge in [0.1, 0.15) is 0 Å². The number of fused-ring (bicyclic) bond motifs is 13. The van der Waals surface area contributed by atoms with Crippen molar-refractivity contribution >= 4 is 59.9 Å². The predicted octanol–water partition coefficient (Wildman–Crippen LogP) is 10.2. The van der Waals surface area contributed by atoms with Crippen molar-refractivity contribution in [2.75, 3.05) is 0 Å². The summed E-state index contributed by atoms with van der Waals surface area (Å²) in [5.74, 6) is 0. The van der Waals surface area contributed by atoms with Crippen LogP contribution in [0.15, 0.2) is 121 Å². The van der Waals surface area contributed by atoms with Gasteiger partial charge in [-0.25, -0.2) is 0 Å². The molecule has 0 saturated heterocycles. The van der Waals surface area contributed by atoms with Crippen molar-refractivity contribution in [1.82, 2.24) is 8.97 Å². The Bertz CT molecular complexity index is 2540. The van der Waals surface area contributed by atoms with Crippen LogP contribution in [0.1, 0.15) is 25.0 Å². The molecule has 2 nitrogen and oxygen atoms in total. The Morgan fingerprint density at radius 2 is 1.17 bits per heavy atom. The molecule has 3 aromatic heterocycles. The molecule has 2 heteroatoms. The molecule has 9 aromatic rings. The van der Waals surface area contributed by atoms with E-state index in [0.29, 0.717) is 0 Å². The van der Waals surface area contributed by atoms with Gasteiger partial charge in [0.05, 0.1) is 27.6 Å². The number of para-hydroxylation sites is 3. The van der Waals surface area contributed by atoms with Crippen LogP contribution >= 0.6 is 0 Å². The quantitative estimate of drug-likeness (QED) is 0.203. The highest BCUT2D eigenvalue weighted by Crippen LogP contribution is 2.53. The fraction of sp³-hybridized carbons (Fsp3) is 0.0769. The van der Waals surface area contributed by atoms with Gasteiger partial charge in [0.15, 0.2) is 0 Å². The molecule has 0 bridgehead atoms. The van der Waals surface area contributed by atoms with E-state index in [0.717, 1.165) is 0 Å². The highest BCUT2D eigenvalue weighted by molar-refractivity contribution is 6.36. The SMILES string of the molecule is CC1(C)c2ccccc2-c2cc3c4c5c6ccccc6n(-c6ccccc6)c5cc5c6ccccc6n(c3cc21)c54. The van der Waals surface area contributed by atoms with E-state index in [1.807, 2.05) is 0 Å². The van der Waals surface area contributed by atoms with Crippen molar-refractivity contribution < 1.29 is 0 Å². The van der Waals surface area contributed by atoms with Gasteiger partial charge in [-0.2, -0.15) is 0 Å². The van der Waals surface area contributed by atoms with E-state index in [2.05, 4.69) is 144 Å². The van der Waals surface area contributed by atoms with E-state index in [1.54, 1.807) is 0 Å². The molecule has 192 valence electrons. The van der Waals surface area contributed by atoms with Gasteiger partial charge in [-0.15, -0.1) is 0 Å².